The molecule has 0 amide bonds. The SMILES string of the molecule is O=P12c3ccccc3Oc3cc(-c4cccc(-c5ncccn5)c4)cc(c31)Oc1ccccc12. The first-order chi connectivity index (χ1) is 16.7. The summed E-state index contributed by atoms with van der Waals surface area (Å²) in [5.74, 6) is 3.01. The second kappa shape index (κ2) is 7.14. The van der Waals surface area contributed by atoms with Crippen molar-refractivity contribution in [2.75, 3.05) is 0 Å². The van der Waals surface area contributed by atoms with Crippen LogP contribution in [0.3, 0.4) is 0 Å². The Morgan fingerprint density at radius 3 is 1.79 bits per heavy atom. The minimum Gasteiger partial charge on any atom is -0.456 e. The Hall–Kier alpha value is -4.21. The summed E-state index contributed by atoms with van der Waals surface area (Å²) >= 11 is 0. The molecule has 6 heteroatoms. The average Bonchev–Trinajstić information content (AvgIpc) is 2.89. The van der Waals surface area contributed by atoms with Crippen molar-refractivity contribution in [3.8, 4) is 45.5 Å². The van der Waals surface area contributed by atoms with Crippen LogP contribution < -0.4 is 25.4 Å². The number of benzene rings is 4. The molecule has 0 bridgehead atoms. The van der Waals surface area contributed by atoms with E-state index in [-0.39, 0.29) is 0 Å². The van der Waals surface area contributed by atoms with E-state index < -0.39 is 7.14 Å². The van der Waals surface area contributed by atoms with Crippen molar-refractivity contribution in [1.82, 2.24) is 9.97 Å². The lowest BCUT2D eigenvalue weighted by Crippen LogP contribution is -2.35. The van der Waals surface area contributed by atoms with Crippen LogP contribution in [0.5, 0.6) is 23.0 Å². The lowest BCUT2D eigenvalue weighted by atomic mass is 10.0. The highest BCUT2D eigenvalue weighted by molar-refractivity contribution is 7.86. The summed E-state index contributed by atoms with van der Waals surface area (Å²) in [5, 5.41) is 2.03. The van der Waals surface area contributed by atoms with Crippen molar-refractivity contribution in [3.63, 3.8) is 0 Å². The molecule has 2 aliphatic heterocycles. The molecule has 2 aliphatic rings. The predicted molar refractivity (Wildman–Crippen MR) is 132 cm³/mol. The minimum atomic E-state index is -3.15. The number of ether oxygens (including phenoxy) is 2. The van der Waals surface area contributed by atoms with Crippen LogP contribution in [0.1, 0.15) is 0 Å². The Kier molecular flexibility index (Phi) is 4.05. The van der Waals surface area contributed by atoms with Gasteiger partial charge < -0.3 is 14.0 Å². The maximum Gasteiger partial charge on any atom is 0.185 e. The third-order valence-electron chi connectivity index (χ3n) is 6.22. The van der Waals surface area contributed by atoms with Crippen molar-refractivity contribution in [1.29, 1.82) is 0 Å². The summed E-state index contributed by atoms with van der Waals surface area (Å²) in [4.78, 5) is 8.74. The molecule has 0 spiro atoms. The quantitative estimate of drug-likeness (QED) is 0.312. The third-order valence-corrected chi connectivity index (χ3v) is 9.39. The standard InChI is InChI=1S/C28H17N2O3P/c31-34-25-11-3-1-9-21(25)32-23-16-20(17-24(27(23)34)33-22-10-2-4-12-26(22)34)18-7-5-8-19(15-18)28-29-13-6-14-30-28/h1-17H. The topological polar surface area (TPSA) is 61.3 Å². The highest BCUT2D eigenvalue weighted by Gasteiger charge is 2.46. The molecule has 0 fully saturated rings. The summed E-state index contributed by atoms with van der Waals surface area (Å²) in [6.07, 6.45) is 3.46. The highest BCUT2D eigenvalue weighted by Crippen LogP contribution is 2.58. The second-order valence-corrected chi connectivity index (χ2v) is 10.9. The molecule has 0 unspecified atom stereocenters. The van der Waals surface area contributed by atoms with Crippen molar-refractivity contribution in [2.45, 2.75) is 0 Å². The van der Waals surface area contributed by atoms with E-state index in [1.807, 2.05) is 84.9 Å². The predicted octanol–water partition coefficient (Wildman–Crippen LogP) is 5.66. The molecule has 3 heterocycles. The Labute approximate surface area is 196 Å². The Morgan fingerprint density at radius 1 is 0.559 bits per heavy atom. The van der Waals surface area contributed by atoms with Crippen LogP contribution in [0.25, 0.3) is 22.5 Å². The van der Waals surface area contributed by atoms with Crippen LogP contribution in [0.2, 0.25) is 0 Å². The van der Waals surface area contributed by atoms with Gasteiger partial charge in [0.25, 0.3) is 0 Å². The van der Waals surface area contributed by atoms with Crippen LogP contribution in [0.15, 0.2) is 103 Å². The summed E-state index contributed by atoms with van der Waals surface area (Å²) in [7, 11) is -3.15. The van der Waals surface area contributed by atoms with Crippen LogP contribution in [0.4, 0.5) is 0 Å². The van der Waals surface area contributed by atoms with E-state index in [4.69, 9.17) is 9.47 Å². The van der Waals surface area contributed by atoms with Crippen molar-refractivity contribution in [3.05, 3.63) is 103 Å². The summed E-state index contributed by atoms with van der Waals surface area (Å²) in [6, 6.07) is 28.8. The van der Waals surface area contributed by atoms with E-state index in [0.717, 1.165) is 16.7 Å². The molecule has 0 saturated carbocycles. The largest absolute Gasteiger partial charge is 0.456 e. The number of hydrogen-bond acceptors (Lipinski definition) is 5. The van der Waals surface area contributed by atoms with Gasteiger partial charge in [0.05, 0.1) is 10.6 Å². The van der Waals surface area contributed by atoms with Gasteiger partial charge in [0.1, 0.15) is 28.3 Å². The molecule has 0 radical (unpaired) electrons. The number of nitrogens with zero attached hydrogens (tertiary/aromatic N) is 2. The summed E-state index contributed by atoms with van der Waals surface area (Å²) in [6.45, 7) is 0. The van der Waals surface area contributed by atoms with Gasteiger partial charge in [-0.25, -0.2) is 9.97 Å². The normalized spacial score (nSPS) is 14.1. The smallest absolute Gasteiger partial charge is 0.185 e. The average molecular weight is 460 g/mol. The van der Waals surface area contributed by atoms with Crippen molar-refractivity contribution in [2.24, 2.45) is 0 Å². The number of fused-ring (bicyclic) bond motifs is 4. The Morgan fingerprint density at radius 2 is 1.15 bits per heavy atom. The molecule has 1 aromatic heterocycles. The first kappa shape index (κ1) is 19.3. The van der Waals surface area contributed by atoms with Crippen LogP contribution in [0, 0.1) is 0 Å². The van der Waals surface area contributed by atoms with E-state index in [0.29, 0.717) is 44.7 Å². The van der Waals surface area contributed by atoms with E-state index in [9.17, 15) is 4.57 Å². The van der Waals surface area contributed by atoms with Gasteiger partial charge in [0.15, 0.2) is 13.0 Å². The third kappa shape index (κ3) is 2.71. The maximum atomic E-state index is 14.9. The van der Waals surface area contributed by atoms with Gasteiger partial charge in [-0.2, -0.15) is 0 Å². The lowest BCUT2D eigenvalue weighted by Gasteiger charge is -2.34. The van der Waals surface area contributed by atoms with Gasteiger partial charge in [-0.05, 0) is 59.7 Å². The van der Waals surface area contributed by atoms with Gasteiger partial charge in [-0.15, -0.1) is 0 Å². The number of hydrogen-bond donors (Lipinski definition) is 0. The van der Waals surface area contributed by atoms with E-state index in [1.165, 1.54) is 0 Å². The van der Waals surface area contributed by atoms with Crippen LogP contribution >= 0.6 is 7.14 Å². The van der Waals surface area contributed by atoms with Crippen molar-refractivity contribution >= 4 is 23.1 Å². The molecule has 0 N–H and O–H groups in total. The molecule has 5 aromatic rings. The monoisotopic (exact) mass is 460 g/mol. The second-order valence-electron chi connectivity index (χ2n) is 8.22. The lowest BCUT2D eigenvalue weighted by molar-refractivity contribution is 0.462. The van der Waals surface area contributed by atoms with Gasteiger partial charge in [-0.1, -0.05) is 42.5 Å². The molecular formula is C28H17N2O3P. The summed E-state index contributed by atoms with van der Waals surface area (Å²) in [5.41, 5.74) is 2.77. The molecule has 34 heavy (non-hydrogen) atoms. The van der Waals surface area contributed by atoms with Gasteiger partial charge in [0, 0.05) is 18.0 Å². The molecule has 5 nitrogen and oxygen atoms in total. The molecular weight excluding hydrogens is 443 g/mol. The maximum absolute atomic E-state index is 14.9. The Balaban J connectivity index is 1.46. The van der Waals surface area contributed by atoms with Gasteiger partial charge in [0.2, 0.25) is 0 Å². The van der Waals surface area contributed by atoms with Gasteiger partial charge >= 0.3 is 0 Å². The molecule has 4 aromatic carbocycles. The number of aromatic nitrogens is 2. The Bertz CT molecular complexity index is 1570. The van der Waals surface area contributed by atoms with E-state index >= 15 is 0 Å². The molecule has 0 aliphatic carbocycles. The fraction of sp³-hybridized carbons (Fsp3) is 0. The zero-order valence-electron chi connectivity index (χ0n) is 17.9. The molecule has 0 atom stereocenters. The first-order valence-electron chi connectivity index (χ1n) is 10.9. The minimum absolute atomic E-state index is 0.561. The van der Waals surface area contributed by atoms with E-state index in [2.05, 4.69) is 9.97 Å². The highest BCUT2D eigenvalue weighted by atomic mass is 31.2. The molecule has 0 saturated heterocycles. The zero-order chi connectivity index (χ0) is 22.7. The van der Waals surface area contributed by atoms with Crippen LogP contribution in [-0.4, -0.2) is 9.97 Å². The fourth-order valence-electron chi connectivity index (χ4n) is 4.72. The van der Waals surface area contributed by atoms with Gasteiger partial charge in [-0.3, -0.25) is 0 Å². The first-order valence-corrected chi connectivity index (χ1v) is 12.6. The molecule has 162 valence electrons. The number of para-hydroxylation sites is 2. The van der Waals surface area contributed by atoms with Crippen molar-refractivity contribution < 1.29 is 14.0 Å². The van der Waals surface area contributed by atoms with E-state index in [1.54, 1.807) is 18.5 Å². The molecule has 7 rings (SSSR count). The number of rotatable bonds is 2. The zero-order valence-corrected chi connectivity index (χ0v) is 18.8. The fourth-order valence-corrected chi connectivity index (χ4v) is 7.75. The summed E-state index contributed by atoms with van der Waals surface area (Å²) < 4.78 is 27.5. The van der Waals surface area contributed by atoms with Crippen LogP contribution in [-0.2, 0) is 4.57 Å².